The lowest BCUT2D eigenvalue weighted by Gasteiger charge is -2.14. The van der Waals surface area contributed by atoms with Crippen LogP contribution < -0.4 is 0 Å². The molecule has 2 aromatic rings. The molecule has 10 heteroatoms. The number of ether oxygens (including phenoxy) is 1. The first-order valence-corrected chi connectivity index (χ1v) is 12.1. The fourth-order valence-electron chi connectivity index (χ4n) is 3.06. The number of hydrogen-bond donors (Lipinski definition) is 0. The maximum Gasteiger partial charge on any atom is 0.306 e. The van der Waals surface area contributed by atoms with Gasteiger partial charge in [0, 0.05) is 23.8 Å². The highest BCUT2D eigenvalue weighted by molar-refractivity contribution is 7.90. The lowest BCUT2D eigenvalue weighted by atomic mass is 9.96. The van der Waals surface area contributed by atoms with Gasteiger partial charge in [0.25, 0.3) is 5.09 Å². The Bertz CT molecular complexity index is 1090. The van der Waals surface area contributed by atoms with E-state index in [1.807, 2.05) is 6.07 Å². The van der Waals surface area contributed by atoms with Crippen molar-refractivity contribution in [2.24, 2.45) is 0 Å². The number of unbranched alkanes of at least 4 members (excludes halogenated alkanes) is 2. The van der Waals surface area contributed by atoms with E-state index in [4.69, 9.17) is 4.74 Å². The van der Waals surface area contributed by atoms with Crippen LogP contribution >= 0.6 is 0 Å². The number of aldehydes is 1. The van der Waals surface area contributed by atoms with E-state index >= 15 is 0 Å². The third-order valence-electron chi connectivity index (χ3n) is 4.76. The van der Waals surface area contributed by atoms with Gasteiger partial charge in [0.05, 0.1) is 11.5 Å². The molecule has 0 atom stereocenters. The van der Waals surface area contributed by atoms with E-state index in [1.165, 1.54) is 12.1 Å². The molecule has 0 saturated heterocycles. The van der Waals surface area contributed by atoms with Crippen molar-refractivity contribution in [2.75, 3.05) is 19.5 Å². The monoisotopic (exact) mass is 475 g/mol. The minimum Gasteiger partial charge on any atom is -0.461 e. The largest absolute Gasteiger partial charge is 0.461 e. The number of carbonyl (C=O) groups is 2. The van der Waals surface area contributed by atoms with Crippen molar-refractivity contribution >= 4 is 33.2 Å². The molecule has 176 valence electrons. The van der Waals surface area contributed by atoms with Crippen LogP contribution in [0.15, 0.2) is 59.5 Å². The Morgan fingerprint density at radius 3 is 2.24 bits per heavy atom. The molecule has 0 saturated carbocycles. The summed E-state index contributed by atoms with van der Waals surface area (Å²) >= 11 is 0. The summed E-state index contributed by atoms with van der Waals surface area (Å²) in [5, 5.41) is 9.25. The van der Waals surface area contributed by atoms with E-state index in [9.17, 15) is 28.1 Å². The second kappa shape index (κ2) is 12.5. The van der Waals surface area contributed by atoms with Gasteiger partial charge in [0.2, 0.25) is 0 Å². The number of benzene rings is 2. The molecule has 2 aromatic carbocycles. The van der Waals surface area contributed by atoms with Crippen LogP contribution in [0.5, 0.6) is 0 Å². The van der Waals surface area contributed by atoms with E-state index in [-0.39, 0.29) is 24.5 Å². The van der Waals surface area contributed by atoms with Crippen LogP contribution in [0.4, 0.5) is 0 Å². The summed E-state index contributed by atoms with van der Waals surface area (Å²) in [5.41, 5.74) is 1.96. The number of allylic oxidation sites excluding steroid dienone is 1. The van der Waals surface area contributed by atoms with Gasteiger partial charge in [0.1, 0.15) is 6.61 Å². The third kappa shape index (κ3) is 8.49. The van der Waals surface area contributed by atoms with Gasteiger partial charge in [0.15, 0.2) is 16.1 Å². The first-order chi connectivity index (χ1) is 15.7. The minimum atomic E-state index is -3.39. The van der Waals surface area contributed by atoms with Gasteiger partial charge in [-0.15, -0.1) is 10.1 Å². The fraction of sp³-hybridized carbons (Fsp3) is 0.304. The zero-order valence-corrected chi connectivity index (χ0v) is 19.0. The van der Waals surface area contributed by atoms with Gasteiger partial charge in [-0.1, -0.05) is 48.9 Å². The van der Waals surface area contributed by atoms with Gasteiger partial charge in [-0.2, -0.15) is 0 Å². The SMILES string of the molecule is CS(=O)(=O)c1ccc(C(COC(=O)CCCCCO[N+](=O)[O-])=C(C=O)c2ccccc2)cc1. The van der Waals surface area contributed by atoms with Crippen LogP contribution in [0.25, 0.3) is 11.1 Å². The van der Waals surface area contributed by atoms with Crippen molar-refractivity contribution in [3.8, 4) is 0 Å². The second-order valence-corrected chi connectivity index (χ2v) is 9.22. The first kappa shape index (κ1) is 25.7. The van der Waals surface area contributed by atoms with Gasteiger partial charge >= 0.3 is 5.97 Å². The Balaban J connectivity index is 2.16. The molecule has 0 radical (unpaired) electrons. The maximum atomic E-state index is 12.2. The number of esters is 1. The highest BCUT2D eigenvalue weighted by Gasteiger charge is 2.15. The molecule has 0 N–H and O–H groups in total. The number of rotatable bonds is 13. The molecule has 0 aromatic heterocycles. The van der Waals surface area contributed by atoms with Crippen LogP contribution in [0.1, 0.15) is 36.8 Å². The highest BCUT2D eigenvalue weighted by Crippen LogP contribution is 2.27. The molecular weight excluding hydrogens is 450 g/mol. The van der Waals surface area contributed by atoms with Crippen molar-refractivity contribution in [3.63, 3.8) is 0 Å². The van der Waals surface area contributed by atoms with Crippen molar-refractivity contribution in [1.29, 1.82) is 0 Å². The van der Waals surface area contributed by atoms with Gasteiger partial charge in [-0.25, -0.2) is 8.42 Å². The zero-order chi connectivity index (χ0) is 24.3. The Morgan fingerprint density at radius 2 is 1.67 bits per heavy atom. The van der Waals surface area contributed by atoms with Crippen LogP contribution in [0.2, 0.25) is 0 Å². The molecule has 33 heavy (non-hydrogen) atoms. The van der Waals surface area contributed by atoms with Crippen LogP contribution in [-0.4, -0.2) is 45.2 Å². The summed E-state index contributed by atoms with van der Waals surface area (Å²) in [7, 11) is -3.39. The molecule has 9 nitrogen and oxygen atoms in total. The second-order valence-electron chi connectivity index (χ2n) is 7.20. The lowest BCUT2D eigenvalue weighted by molar-refractivity contribution is -0.757. The summed E-state index contributed by atoms with van der Waals surface area (Å²) in [6, 6.07) is 14.9. The molecule has 0 aliphatic rings. The molecule has 2 rings (SSSR count). The standard InChI is InChI=1S/C23H25NO8S/c1-33(29,30)20-13-11-19(12-14-20)22(21(16-25)18-8-4-2-5-9-18)17-31-23(26)10-6-3-7-15-32-24(27)28/h2,4-5,8-9,11-14,16H,3,6-7,10,15,17H2,1H3. The lowest BCUT2D eigenvalue weighted by Crippen LogP contribution is -2.09. The van der Waals surface area contributed by atoms with Crippen LogP contribution in [-0.2, 0) is 29.0 Å². The van der Waals surface area contributed by atoms with E-state index in [0.29, 0.717) is 47.8 Å². The molecule has 0 fully saturated rings. The predicted molar refractivity (Wildman–Crippen MR) is 121 cm³/mol. The molecule has 0 spiro atoms. The van der Waals surface area contributed by atoms with Gasteiger partial charge in [-0.05, 0) is 36.1 Å². The number of hydrogen-bond acceptors (Lipinski definition) is 8. The van der Waals surface area contributed by atoms with E-state index < -0.39 is 20.9 Å². The average Bonchev–Trinajstić information content (AvgIpc) is 2.79. The summed E-state index contributed by atoms with van der Waals surface area (Å²) in [5.74, 6) is -0.478. The average molecular weight is 476 g/mol. The maximum absolute atomic E-state index is 12.2. The Morgan fingerprint density at radius 1 is 1.00 bits per heavy atom. The fourth-order valence-corrected chi connectivity index (χ4v) is 3.69. The highest BCUT2D eigenvalue weighted by atomic mass is 32.2. The topological polar surface area (TPSA) is 130 Å². The smallest absolute Gasteiger partial charge is 0.306 e. The summed E-state index contributed by atoms with van der Waals surface area (Å²) < 4.78 is 28.9. The van der Waals surface area contributed by atoms with Crippen molar-refractivity contribution in [1.82, 2.24) is 0 Å². The Labute approximate surface area is 192 Å². The van der Waals surface area contributed by atoms with Crippen molar-refractivity contribution in [2.45, 2.75) is 30.6 Å². The summed E-state index contributed by atoms with van der Waals surface area (Å²) in [6.45, 7) is -0.206. The molecule has 0 aliphatic heterocycles. The molecule has 0 bridgehead atoms. The molecule has 0 amide bonds. The Hall–Kier alpha value is -3.53. The summed E-state index contributed by atoms with van der Waals surface area (Å²) in [4.78, 5) is 38.6. The Kier molecular flexibility index (Phi) is 9.74. The zero-order valence-electron chi connectivity index (χ0n) is 18.1. The van der Waals surface area contributed by atoms with Gasteiger partial charge < -0.3 is 9.57 Å². The van der Waals surface area contributed by atoms with Crippen LogP contribution in [0, 0.1) is 10.1 Å². The number of nitrogens with zero attached hydrogens (tertiary/aromatic N) is 1. The van der Waals surface area contributed by atoms with Crippen molar-refractivity contribution < 1.29 is 32.7 Å². The first-order valence-electron chi connectivity index (χ1n) is 10.2. The third-order valence-corrected chi connectivity index (χ3v) is 5.89. The van der Waals surface area contributed by atoms with Crippen molar-refractivity contribution in [3.05, 3.63) is 75.8 Å². The molecule has 0 aliphatic carbocycles. The molecule has 0 unspecified atom stereocenters. The molecule has 0 heterocycles. The summed E-state index contributed by atoms with van der Waals surface area (Å²) in [6.07, 6.45) is 3.36. The van der Waals surface area contributed by atoms with E-state index in [0.717, 1.165) is 6.26 Å². The normalized spacial score (nSPS) is 11.9. The number of carbonyl (C=O) groups excluding carboxylic acids is 2. The minimum absolute atomic E-state index is 0.0296. The molecular formula is C23H25NO8S. The predicted octanol–water partition coefficient (Wildman–Crippen LogP) is 3.51. The number of sulfone groups is 1. The van der Waals surface area contributed by atoms with Crippen LogP contribution in [0.3, 0.4) is 0 Å². The van der Waals surface area contributed by atoms with E-state index in [1.54, 1.807) is 36.4 Å². The van der Waals surface area contributed by atoms with Gasteiger partial charge in [-0.3, -0.25) is 9.59 Å². The van der Waals surface area contributed by atoms with E-state index in [2.05, 4.69) is 4.84 Å². The quantitative estimate of drug-likeness (QED) is 0.0818.